The number of piperidine rings is 1. The van der Waals surface area contributed by atoms with Gasteiger partial charge in [0.1, 0.15) is 11.5 Å². The fourth-order valence-corrected chi connectivity index (χ4v) is 3.64. The minimum atomic E-state index is 0. The molecule has 1 saturated heterocycles. The summed E-state index contributed by atoms with van der Waals surface area (Å²) in [5.41, 5.74) is 3.03. The average Bonchev–Trinajstić information content (AvgIpc) is 3.38. The minimum absolute atomic E-state index is 0. The molecular weight excluding hydrogens is 366 g/mol. The van der Waals surface area contributed by atoms with Crippen molar-refractivity contribution in [2.24, 2.45) is 0 Å². The summed E-state index contributed by atoms with van der Waals surface area (Å²) in [6.07, 6.45) is 9.99. The molecule has 0 saturated carbocycles. The maximum atomic E-state index is 5.24. The molecular formula is C18H26ClN7O. The maximum Gasteiger partial charge on any atom is 0.162 e. The number of aromatic nitrogens is 6. The van der Waals surface area contributed by atoms with Crippen molar-refractivity contribution in [1.82, 2.24) is 35.0 Å². The van der Waals surface area contributed by atoms with Gasteiger partial charge in [0.2, 0.25) is 0 Å². The van der Waals surface area contributed by atoms with Gasteiger partial charge in [-0.2, -0.15) is 0 Å². The van der Waals surface area contributed by atoms with E-state index in [0.717, 1.165) is 68.3 Å². The van der Waals surface area contributed by atoms with Gasteiger partial charge < -0.3 is 14.4 Å². The van der Waals surface area contributed by atoms with Gasteiger partial charge in [0.15, 0.2) is 5.82 Å². The van der Waals surface area contributed by atoms with Gasteiger partial charge in [-0.1, -0.05) is 10.4 Å². The molecule has 27 heavy (non-hydrogen) atoms. The summed E-state index contributed by atoms with van der Waals surface area (Å²) in [5.74, 6) is 1.79. The van der Waals surface area contributed by atoms with E-state index in [2.05, 4.69) is 30.3 Å². The molecule has 0 spiro atoms. The van der Waals surface area contributed by atoms with E-state index in [1.165, 1.54) is 5.56 Å². The van der Waals surface area contributed by atoms with Crippen molar-refractivity contribution in [3.05, 3.63) is 35.6 Å². The molecule has 0 unspecified atom stereocenters. The standard InChI is InChI=1S/C18H25N7O.ClH/c1-13-16(14(2)26-22-13)4-3-10-24-11-9-20-18(24)17-12-25(23-21-17)15-5-7-19-8-6-15;/h9,11-12,15,19H,3-8,10H2,1-2H3;1H. The zero-order valence-electron chi connectivity index (χ0n) is 15.8. The summed E-state index contributed by atoms with van der Waals surface area (Å²) in [6.45, 7) is 6.91. The molecule has 146 valence electrons. The molecule has 3 aromatic rings. The van der Waals surface area contributed by atoms with Crippen LogP contribution in [0.5, 0.6) is 0 Å². The van der Waals surface area contributed by atoms with Crippen LogP contribution in [0.1, 0.15) is 42.3 Å². The van der Waals surface area contributed by atoms with E-state index in [0.29, 0.717) is 6.04 Å². The molecule has 3 aromatic heterocycles. The number of hydrogen-bond donors (Lipinski definition) is 1. The lowest BCUT2D eigenvalue weighted by molar-refractivity contribution is 0.337. The van der Waals surface area contributed by atoms with Crippen LogP contribution >= 0.6 is 12.4 Å². The van der Waals surface area contributed by atoms with Gasteiger partial charge in [-0.3, -0.25) is 0 Å². The third kappa shape index (κ3) is 4.22. The predicted octanol–water partition coefficient (Wildman–Crippen LogP) is 2.73. The Kier molecular flexibility index (Phi) is 6.28. The number of hydrogen-bond acceptors (Lipinski definition) is 6. The van der Waals surface area contributed by atoms with E-state index in [9.17, 15) is 0 Å². The van der Waals surface area contributed by atoms with Crippen molar-refractivity contribution < 1.29 is 4.52 Å². The molecule has 4 rings (SSSR count). The minimum Gasteiger partial charge on any atom is -0.361 e. The maximum absolute atomic E-state index is 5.24. The van der Waals surface area contributed by atoms with Gasteiger partial charge in [0.05, 0.1) is 17.9 Å². The Hall–Kier alpha value is -2.19. The Morgan fingerprint density at radius 2 is 2.07 bits per heavy atom. The number of imidazole rings is 1. The molecule has 0 aromatic carbocycles. The zero-order valence-corrected chi connectivity index (χ0v) is 16.6. The highest BCUT2D eigenvalue weighted by Gasteiger charge is 2.18. The van der Waals surface area contributed by atoms with Crippen LogP contribution < -0.4 is 5.32 Å². The second kappa shape index (κ2) is 8.67. The molecule has 0 amide bonds. The molecule has 0 aliphatic carbocycles. The summed E-state index contributed by atoms with van der Waals surface area (Å²) < 4.78 is 9.39. The molecule has 0 radical (unpaired) electrons. The van der Waals surface area contributed by atoms with Crippen molar-refractivity contribution in [2.45, 2.75) is 52.1 Å². The molecule has 0 bridgehead atoms. The number of rotatable bonds is 6. The number of aryl methyl sites for hydroxylation is 3. The van der Waals surface area contributed by atoms with Crippen LogP contribution in [0.15, 0.2) is 23.1 Å². The molecule has 1 aliphatic heterocycles. The van der Waals surface area contributed by atoms with E-state index in [1.807, 2.05) is 37.1 Å². The highest BCUT2D eigenvalue weighted by atomic mass is 35.5. The monoisotopic (exact) mass is 391 g/mol. The van der Waals surface area contributed by atoms with Gasteiger partial charge in [-0.15, -0.1) is 17.5 Å². The molecule has 4 heterocycles. The van der Waals surface area contributed by atoms with Crippen LogP contribution in [-0.4, -0.2) is 42.8 Å². The van der Waals surface area contributed by atoms with Crippen molar-refractivity contribution in [3.8, 4) is 11.5 Å². The second-order valence-electron chi connectivity index (χ2n) is 6.92. The van der Waals surface area contributed by atoms with Crippen LogP contribution in [0.3, 0.4) is 0 Å². The molecule has 1 fully saturated rings. The van der Waals surface area contributed by atoms with Gasteiger partial charge >= 0.3 is 0 Å². The van der Waals surface area contributed by atoms with Gasteiger partial charge in [0.25, 0.3) is 0 Å². The second-order valence-corrected chi connectivity index (χ2v) is 6.92. The van der Waals surface area contributed by atoms with E-state index >= 15 is 0 Å². The Balaban J connectivity index is 0.00000210. The fraction of sp³-hybridized carbons (Fsp3) is 0.556. The Morgan fingerprint density at radius 3 is 2.81 bits per heavy atom. The summed E-state index contributed by atoms with van der Waals surface area (Å²) in [5, 5.41) is 16.1. The topological polar surface area (TPSA) is 86.6 Å². The Labute approximate surface area is 164 Å². The smallest absolute Gasteiger partial charge is 0.162 e. The largest absolute Gasteiger partial charge is 0.361 e. The van der Waals surface area contributed by atoms with Crippen LogP contribution in [0.25, 0.3) is 11.5 Å². The van der Waals surface area contributed by atoms with Crippen LogP contribution in [0.2, 0.25) is 0 Å². The molecule has 1 N–H and O–H groups in total. The lowest BCUT2D eigenvalue weighted by Crippen LogP contribution is -2.29. The predicted molar refractivity (Wildman–Crippen MR) is 104 cm³/mol. The molecule has 8 nitrogen and oxygen atoms in total. The van der Waals surface area contributed by atoms with Gasteiger partial charge in [-0.05, 0) is 52.6 Å². The first-order valence-electron chi connectivity index (χ1n) is 9.28. The van der Waals surface area contributed by atoms with Gasteiger partial charge in [0, 0.05) is 24.5 Å². The third-order valence-corrected chi connectivity index (χ3v) is 5.14. The zero-order chi connectivity index (χ0) is 17.9. The number of halogens is 1. The van der Waals surface area contributed by atoms with Crippen molar-refractivity contribution in [2.75, 3.05) is 13.1 Å². The summed E-state index contributed by atoms with van der Waals surface area (Å²) in [7, 11) is 0. The highest BCUT2D eigenvalue weighted by molar-refractivity contribution is 5.85. The summed E-state index contributed by atoms with van der Waals surface area (Å²) in [4.78, 5) is 4.50. The summed E-state index contributed by atoms with van der Waals surface area (Å²) in [6, 6.07) is 0.431. The van der Waals surface area contributed by atoms with E-state index in [4.69, 9.17) is 4.52 Å². The number of nitrogens with one attached hydrogen (secondary N) is 1. The van der Waals surface area contributed by atoms with E-state index < -0.39 is 0 Å². The first kappa shape index (κ1) is 19.6. The Bertz CT molecular complexity index is 843. The van der Waals surface area contributed by atoms with Gasteiger partial charge in [-0.25, -0.2) is 9.67 Å². The van der Waals surface area contributed by atoms with Crippen LogP contribution in [-0.2, 0) is 13.0 Å². The number of nitrogens with zero attached hydrogens (tertiary/aromatic N) is 6. The highest BCUT2D eigenvalue weighted by Crippen LogP contribution is 2.21. The first-order chi connectivity index (χ1) is 12.7. The summed E-state index contributed by atoms with van der Waals surface area (Å²) >= 11 is 0. The molecule has 0 atom stereocenters. The first-order valence-corrected chi connectivity index (χ1v) is 9.28. The van der Waals surface area contributed by atoms with E-state index in [-0.39, 0.29) is 12.4 Å². The van der Waals surface area contributed by atoms with Crippen LogP contribution in [0.4, 0.5) is 0 Å². The normalized spacial score (nSPS) is 15.0. The lowest BCUT2D eigenvalue weighted by atomic mass is 10.1. The average molecular weight is 392 g/mol. The Morgan fingerprint density at radius 1 is 1.26 bits per heavy atom. The SMILES string of the molecule is Cc1noc(C)c1CCCn1ccnc1-c1cn(C2CCNCC2)nn1.Cl. The van der Waals surface area contributed by atoms with Crippen LogP contribution in [0, 0.1) is 13.8 Å². The molecule has 1 aliphatic rings. The van der Waals surface area contributed by atoms with Crippen molar-refractivity contribution >= 4 is 12.4 Å². The van der Waals surface area contributed by atoms with Crippen molar-refractivity contribution in [1.29, 1.82) is 0 Å². The molecule has 9 heteroatoms. The third-order valence-electron chi connectivity index (χ3n) is 5.14. The van der Waals surface area contributed by atoms with Crippen molar-refractivity contribution in [3.63, 3.8) is 0 Å². The fourth-order valence-electron chi connectivity index (χ4n) is 3.64. The lowest BCUT2D eigenvalue weighted by Gasteiger charge is -2.22. The van der Waals surface area contributed by atoms with E-state index in [1.54, 1.807) is 0 Å². The quantitative estimate of drug-likeness (QED) is 0.695.